The van der Waals surface area contributed by atoms with E-state index < -0.39 is 11.2 Å². The lowest BCUT2D eigenvalue weighted by molar-refractivity contribution is 0.594. The highest BCUT2D eigenvalue weighted by atomic mass is 79.9. The van der Waals surface area contributed by atoms with Crippen LogP contribution in [0, 0.1) is 13.8 Å². The first-order valence-corrected chi connectivity index (χ1v) is 7.27. The van der Waals surface area contributed by atoms with Gasteiger partial charge in [0, 0.05) is 11.2 Å². The van der Waals surface area contributed by atoms with E-state index >= 15 is 0 Å². The van der Waals surface area contributed by atoms with Gasteiger partial charge in [-0.2, -0.15) is 0 Å². The Labute approximate surface area is 113 Å². The van der Waals surface area contributed by atoms with Gasteiger partial charge in [0.05, 0.1) is 4.47 Å². The molecule has 1 atom stereocenters. The lowest BCUT2D eigenvalue weighted by Gasteiger charge is -2.12. The van der Waals surface area contributed by atoms with Crippen LogP contribution in [0.2, 0.25) is 0 Å². The Kier molecular flexibility index (Phi) is 3.92. The molecule has 2 aromatic rings. The molecule has 0 N–H and O–H groups in total. The summed E-state index contributed by atoms with van der Waals surface area (Å²) in [6.07, 6.45) is 0. The van der Waals surface area contributed by atoms with E-state index in [1.54, 1.807) is 0 Å². The van der Waals surface area contributed by atoms with Gasteiger partial charge in [-0.25, -0.2) is 0 Å². The molecule has 0 aliphatic heterocycles. The summed E-state index contributed by atoms with van der Waals surface area (Å²) in [7, 11) is 0. The predicted octanol–water partition coefficient (Wildman–Crippen LogP) is 4.23. The number of halogens is 1. The first kappa shape index (κ1) is 12.7. The molecule has 0 unspecified atom stereocenters. The van der Waals surface area contributed by atoms with Gasteiger partial charge in [0.25, 0.3) is 0 Å². The minimum absolute atomic E-state index is 0.828. The third-order valence-corrected chi connectivity index (χ3v) is 4.91. The van der Waals surface area contributed by atoms with Crippen LogP contribution in [0.15, 0.2) is 56.7 Å². The average Bonchev–Trinajstić information content (AvgIpc) is 2.32. The van der Waals surface area contributed by atoms with E-state index in [-0.39, 0.29) is 0 Å². The fourth-order valence-corrected chi connectivity index (χ4v) is 3.40. The van der Waals surface area contributed by atoms with E-state index in [2.05, 4.69) is 15.9 Å². The third kappa shape index (κ3) is 2.92. The maximum atomic E-state index is 12.4. The molecule has 0 heterocycles. The van der Waals surface area contributed by atoms with Crippen molar-refractivity contribution in [1.29, 1.82) is 0 Å². The first-order chi connectivity index (χ1) is 8.08. The summed E-state index contributed by atoms with van der Waals surface area (Å²) >= 11 is 2.33. The number of aryl methyl sites for hydroxylation is 2. The van der Waals surface area contributed by atoms with E-state index in [0.717, 1.165) is 19.8 Å². The number of benzene rings is 2. The molecule has 0 amide bonds. The van der Waals surface area contributed by atoms with Gasteiger partial charge in [-0.1, -0.05) is 23.8 Å². The van der Waals surface area contributed by atoms with Crippen molar-refractivity contribution in [2.24, 2.45) is 0 Å². The van der Waals surface area contributed by atoms with Crippen LogP contribution >= 0.6 is 15.9 Å². The second kappa shape index (κ2) is 5.25. The quantitative estimate of drug-likeness (QED) is 0.761. The van der Waals surface area contributed by atoms with Crippen molar-refractivity contribution in [3.63, 3.8) is 0 Å². The Morgan fingerprint density at radius 3 is 2.18 bits per heavy atom. The van der Waals surface area contributed by atoms with Crippen molar-refractivity contribution in [2.45, 2.75) is 23.6 Å². The molecule has 0 radical (unpaired) electrons. The molecule has 2 aromatic carbocycles. The van der Waals surface area contributed by atoms with Crippen LogP contribution < -0.4 is 0 Å². The molecular weight excluding hydrogens is 296 g/mol. The Bertz CT molecular complexity index is 522. The lowest BCUT2D eigenvalue weighted by Crippen LogP contribution is -2.03. The molecule has 88 valence electrons. The first-order valence-electron chi connectivity index (χ1n) is 5.32. The summed E-state index contributed by atoms with van der Waals surface area (Å²) in [6, 6.07) is 13.7. The molecule has 2 rings (SSSR count). The molecule has 0 bridgehead atoms. The molecule has 0 aromatic heterocycles. The van der Waals surface area contributed by atoms with Gasteiger partial charge in [-0.3, -0.25) is 0 Å². The van der Waals surface area contributed by atoms with Gasteiger partial charge in [0.2, 0.25) is 0 Å². The van der Waals surface area contributed by atoms with Crippen LogP contribution in [-0.2, 0) is 11.2 Å². The Morgan fingerprint density at radius 1 is 0.941 bits per heavy atom. The van der Waals surface area contributed by atoms with Crippen molar-refractivity contribution in [3.05, 3.63) is 58.1 Å². The van der Waals surface area contributed by atoms with E-state index in [9.17, 15) is 4.55 Å². The van der Waals surface area contributed by atoms with Crippen LogP contribution in [0.3, 0.4) is 0 Å². The molecule has 0 fully saturated rings. The van der Waals surface area contributed by atoms with Crippen molar-refractivity contribution < 1.29 is 4.55 Å². The summed E-state index contributed by atoms with van der Waals surface area (Å²) in [5.41, 5.74) is 2.29. The largest absolute Gasteiger partial charge is 0.606 e. The van der Waals surface area contributed by atoms with Crippen molar-refractivity contribution >= 4 is 27.1 Å². The molecule has 0 saturated heterocycles. The maximum absolute atomic E-state index is 12.4. The highest BCUT2D eigenvalue weighted by Gasteiger charge is 2.18. The number of rotatable bonds is 2. The number of hydrogen-bond donors (Lipinski definition) is 0. The minimum Gasteiger partial charge on any atom is -0.606 e. The monoisotopic (exact) mass is 308 g/mol. The van der Waals surface area contributed by atoms with E-state index in [0.29, 0.717) is 0 Å². The molecule has 17 heavy (non-hydrogen) atoms. The van der Waals surface area contributed by atoms with Crippen LogP contribution in [0.1, 0.15) is 11.1 Å². The molecule has 3 heteroatoms. The SMILES string of the molecule is Cc1ccc([S@+]([O-])c2cc(C)ccc2Br)cc1. The van der Waals surface area contributed by atoms with Gasteiger partial charge in [-0.15, -0.1) is 0 Å². The molecular formula is C14H13BrOS. The second-order valence-electron chi connectivity index (χ2n) is 4.02. The predicted molar refractivity (Wildman–Crippen MR) is 74.7 cm³/mol. The van der Waals surface area contributed by atoms with Crippen LogP contribution in [0.4, 0.5) is 0 Å². The summed E-state index contributed by atoms with van der Waals surface area (Å²) in [5.74, 6) is 0. The molecule has 0 aliphatic carbocycles. The Balaban J connectivity index is 2.39. The topological polar surface area (TPSA) is 23.1 Å². The van der Waals surface area contributed by atoms with E-state index in [4.69, 9.17) is 0 Å². The average molecular weight is 309 g/mol. The maximum Gasteiger partial charge on any atom is 0.172 e. The summed E-state index contributed by atoms with van der Waals surface area (Å²) in [5, 5.41) is 0. The van der Waals surface area contributed by atoms with Crippen molar-refractivity contribution in [3.8, 4) is 0 Å². The highest BCUT2D eigenvalue weighted by Crippen LogP contribution is 2.28. The molecule has 1 nitrogen and oxygen atoms in total. The fraction of sp³-hybridized carbons (Fsp3) is 0.143. The summed E-state index contributed by atoms with van der Waals surface area (Å²) in [6.45, 7) is 4.03. The summed E-state index contributed by atoms with van der Waals surface area (Å²) < 4.78 is 13.3. The van der Waals surface area contributed by atoms with Gasteiger partial charge in [0.1, 0.15) is 0 Å². The molecule has 0 aliphatic rings. The zero-order valence-corrected chi connectivity index (χ0v) is 12.1. The Hall–Kier alpha value is -0.770. The third-order valence-electron chi connectivity index (χ3n) is 2.52. The molecule has 0 saturated carbocycles. The van der Waals surface area contributed by atoms with Gasteiger partial charge < -0.3 is 4.55 Å². The van der Waals surface area contributed by atoms with Crippen molar-refractivity contribution in [2.75, 3.05) is 0 Å². The normalized spacial score (nSPS) is 12.5. The van der Waals surface area contributed by atoms with Gasteiger partial charge >= 0.3 is 0 Å². The zero-order valence-electron chi connectivity index (χ0n) is 9.74. The Morgan fingerprint density at radius 2 is 1.53 bits per heavy atom. The van der Waals surface area contributed by atoms with Crippen molar-refractivity contribution in [1.82, 2.24) is 0 Å². The fourth-order valence-electron chi connectivity index (χ4n) is 1.54. The zero-order chi connectivity index (χ0) is 12.4. The minimum atomic E-state index is -1.12. The van der Waals surface area contributed by atoms with E-state index in [1.807, 2.05) is 56.3 Å². The van der Waals surface area contributed by atoms with Gasteiger partial charge in [0.15, 0.2) is 9.79 Å². The van der Waals surface area contributed by atoms with Crippen LogP contribution in [0.5, 0.6) is 0 Å². The lowest BCUT2D eigenvalue weighted by atomic mass is 10.2. The highest BCUT2D eigenvalue weighted by molar-refractivity contribution is 9.10. The summed E-state index contributed by atoms with van der Waals surface area (Å²) in [4.78, 5) is 1.66. The standard InChI is InChI=1S/C14H13BrOS/c1-10-3-6-12(7-4-10)17(16)14-9-11(2)5-8-13(14)15/h3-9H,1-2H3/t17-/m0/s1. The van der Waals surface area contributed by atoms with E-state index in [1.165, 1.54) is 5.56 Å². The second-order valence-corrected chi connectivity index (χ2v) is 6.32. The van der Waals surface area contributed by atoms with Gasteiger partial charge in [-0.05, 0) is 59.6 Å². The number of hydrogen-bond acceptors (Lipinski definition) is 1. The van der Waals surface area contributed by atoms with Crippen LogP contribution in [0.25, 0.3) is 0 Å². The van der Waals surface area contributed by atoms with Crippen LogP contribution in [-0.4, -0.2) is 4.55 Å². The smallest absolute Gasteiger partial charge is 0.172 e. The molecule has 0 spiro atoms.